The van der Waals surface area contributed by atoms with Crippen LogP contribution in [0.4, 0.5) is 4.79 Å². The topological polar surface area (TPSA) is 71.0 Å². The Morgan fingerprint density at radius 1 is 1.30 bits per heavy atom. The molecule has 3 rings (SSSR count). The second-order valence-corrected chi connectivity index (χ2v) is 6.24. The number of nitrogens with one attached hydrogen (secondary N) is 1. The van der Waals surface area contributed by atoms with Crippen LogP contribution in [0.25, 0.3) is 0 Å². The third kappa shape index (κ3) is 4.00. The molecule has 6 nitrogen and oxygen atoms in total. The van der Waals surface area contributed by atoms with Gasteiger partial charge in [0.2, 0.25) is 0 Å². The minimum Gasteiger partial charge on any atom is -0.489 e. The molecule has 2 amide bonds. The Morgan fingerprint density at radius 2 is 2.04 bits per heavy atom. The zero-order valence-electron chi connectivity index (χ0n) is 12.9. The molecule has 0 radical (unpaired) electrons. The van der Waals surface area contributed by atoms with Crippen LogP contribution in [-0.4, -0.2) is 48.4 Å². The Morgan fingerprint density at radius 3 is 2.83 bits per heavy atom. The molecule has 1 aromatic rings. The molecule has 0 saturated carbocycles. The minimum atomic E-state index is -0.292. The first-order valence-electron chi connectivity index (χ1n) is 7.92. The molecule has 2 aliphatic heterocycles. The van der Waals surface area contributed by atoms with Crippen molar-refractivity contribution in [1.29, 1.82) is 0 Å². The Kier molecular flexibility index (Phi) is 5.13. The van der Waals surface area contributed by atoms with E-state index < -0.39 is 0 Å². The van der Waals surface area contributed by atoms with Crippen LogP contribution in [0.15, 0.2) is 12.1 Å². The summed E-state index contributed by atoms with van der Waals surface area (Å²) in [6.45, 7) is 2.71. The van der Waals surface area contributed by atoms with E-state index in [2.05, 4.69) is 5.32 Å². The lowest BCUT2D eigenvalue weighted by Gasteiger charge is -2.29. The van der Waals surface area contributed by atoms with Crippen molar-refractivity contribution in [2.45, 2.75) is 31.9 Å². The maximum Gasteiger partial charge on any atom is 0.317 e. The molecule has 1 aromatic carbocycles. The normalized spacial score (nSPS) is 18.4. The number of likely N-dealkylation sites (tertiary alicyclic amines) is 1. The smallest absolute Gasteiger partial charge is 0.317 e. The summed E-state index contributed by atoms with van der Waals surface area (Å²) in [5, 5.41) is 12.9. The largest absolute Gasteiger partial charge is 0.489 e. The monoisotopic (exact) mass is 340 g/mol. The van der Waals surface area contributed by atoms with Crippen molar-refractivity contribution in [2.24, 2.45) is 0 Å². The van der Waals surface area contributed by atoms with Crippen molar-refractivity contribution < 1.29 is 19.4 Å². The van der Waals surface area contributed by atoms with E-state index in [0.29, 0.717) is 62.2 Å². The molecule has 2 N–H and O–H groups in total. The number of urea groups is 1. The molecule has 1 saturated heterocycles. The molecular formula is C16H21ClN2O4. The predicted molar refractivity (Wildman–Crippen MR) is 86.1 cm³/mol. The number of nitrogens with zero attached hydrogens (tertiary/aromatic N) is 1. The van der Waals surface area contributed by atoms with Crippen LogP contribution >= 0.6 is 11.6 Å². The molecule has 126 valence electrons. The summed E-state index contributed by atoms with van der Waals surface area (Å²) in [5.74, 6) is 1.20. The number of hydrogen-bond acceptors (Lipinski definition) is 4. The number of carbonyl (C=O) groups is 1. The molecule has 0 aromatic heterocycles. The van der Waals surface area contributed by atoms with E-state index >= 15 is 0 Å². The van der Waals surface area contributed by atoms with Gasteiger partial charge < -0.3 is 24.8 Å². The second-order valence-electron chi connectivity index (χ2n) is 5.83. The number of benzene rings is 1. The number of aliphatic hydroxyl groups is 1. The molecule has 1 fully saturated rings. The molecule has 0 bridgehead atoms. The highest BCUT2D eigenvalue weighted by Crippen LogP contribution is 2.37. The van der Waals surface area contributed by atoms with Gasteiger partial charge in [-0.15, -0.1) is 0 Å². The average Bonchev–Trinajstić information content (AvgIpc) is 2.79. The summed E-state index contributed by atoms with van der Waals surface area (Å²) in [6, 6.07) is 3.52. The first-order chi connectivity index (χ1) is 11.1. The highest BCUT2D eigenvalue weighted by molar-refractivity contribution is 6.32. The highest BCUT2D eigenvalue weighted by atomic mass is 35.5. The number of rotatable bonds is 2. The van der Waals surface area contributed by atoms with Gasteiger partial charge in [-0.3, -0.25) is 0 Å². The van der Waals surface area contributed by atoms with Gasteiger partial charge in [0.1, 0.15) is 0 Å². The number of aliphatic hydroxyl groups excluding tert-OH is 1. The predicted octanol–water partition coefficient (Wildman–Crippen LogP) is 2.17. The molecular weight excluding hydrogens is 320 g/mol. The van der Waals surface area contributed by atoms with Crippen molar-refractivity contribution in [3.63, 3.8) is 0 Å². The molecule has 7 heteroatoms. The third-order valence-electron chi connectivity index (χ3n) is 4.06. The average molecular weight is 341 g/mol. The number of amides is 2. The molecule has 0 spiro atoms. The van der Waals surface area contributed by atoms with Crippen molar-refractivity contribution >= 4 is 17.6 Å². The second kappa shape index (κ2) is 7.27. The number of ether oxygens (including phenoxy) is 2. The number of hydrogen-bond donors (Lipinski definition) is 2. The van der Waals surface area contributed by atoms with Gasteiger partial charge in [-0.1, -0.05) is 11.6 Å². The first-order valence-corrected chi connectivity index (χ1v) is 8.30. The fraction of sp³-hybridized carbons (Fsp3) is 0.562. The zero-order chi connectivity index (χ0) is 16.2. The molecule has 23 heavy (non-hydrogen) atoms. The Hall–Kier alpha value is -1.66. The standard InChI is InChI=1S/C16H21ClN2O4/c17-13-8-11(9-14-15(13)23-7-1-6-22-14)10-18-16(21)19-4-2-12(20)3-5-19/h8-9,12,20H,1-7,10H2,(H,18,21). The van der Waals surface area contributed by atoms with Crippen molar-refractivity contribution in [3.05, 3.63) is 22.7 Å². The van der Waals surface area contributed by atoms with Crippen LogP contribution in [0.3, 0.4) is 0 Å². The lowest BCUT2D eigenvalue weighted by Crippen LogP contribution is -2.45. The van der Waals surface area contributed by atoms with Gasteiger partial charge >= 0.3 is 6.03 Å². The molecule has 0 atom stereocenters. The van der Waals surface area contributed by atoms with Crippen LogP contribution in [0, 0.1) is 0 Å². The number of piperidine rings is 1. The van der Waals surface area contributed by atoms with Crippen LogP contribution in [0.1, 0.15) is 24.8 Å². The van der Waals surface area contributed by atoms with Crippen LogP contribution < -0.4 is 14.8 Å². The highest BCUT2D eigenvalue weighted by Gasteiger charge is 2.21. The van der Waals surface area contributed by atoms with Crippen molar-refractivity contribution in [3.8, 4) is 11.5 Å². The quantitative estimate of drug-likeness (QED) is 0.865. The van der Waals surface area contributed by atoms with E-state index in [1.807, 2.05) is 6.07 Å². The summed E-state index contributed by atoms with van der Waals surface area (Å²) >= 11 is 6.24. The van der Waals surface area contributed by atoms with Crippen LogP contribution in [0.2, 0.25) is 5.02 Å². The Labute approximate surface area is 140 Å². The molecule has 2 aliphatic rings. The lowest BCUT2D eigenvalue weighted by atomic mass is 10.1. The van der Waals surface area contributed by atoms with Crippen molar-refractivity contribution in [2.75, 3.05) is 26.3 Å². The maximum atomic E-state index is 12.2. The number of carbonyl (C=O) groups excluding carboxylic acids is 1. The summed E-state index contributed by atoms with van der Waals surface area (Å²) in [4.78, 5) is 13.9. The van der Waals surface area contributed by atoms with Gasteiger partial charge in [0.05, 0.1) is 24.3 Å². The molecule has 0 aliphatic carbocycles. The van der Waals surface area contributed by atoms with E-state index in [0.717, 1.165) is 12.0 Å². The lowest BCUT2D eigenvalue weighted by molar-refractivity contribution is 0.0936. The summed E-state index contributed by atoms with van der Waals surface area (Å²) in [6.07, 6.45) is 1.78. The van der Waals surface area contributed by atoms with Gasteiger partial charge in [0.25, 0.3) is 0 Å². The maximum absolute atomic E-state index is 12.2. The van der Waals surface area contributed by atoms with E-state index in [-0.39, 0.29) is 12.1 Å². The van der Waals surface area contributed by atoms with Crippen molar-refractivity contribution in [1.82, 2.24) is 10.2 Å². The first kappa shape index (κ1) is 16.2. The Bertz CT molecular complexity index is 573. The van der Waals surface area contributed by atoms with Crippen LogP contribution in [-0.2, 0) is 6.54 Å². The summed E-state index contributed by atoms with van der Waals surface area (Å²) in [7, 11) is 0. The van der Waals surface area contributed by atoms with Gasteiger partial charge in [0.15, 0.2) is 11.5 Å². The van der Waals surface area contributed by atoms with Gasteiger partial charge in [-0.2, -0.15) is 0 Å². The fourth-order valence-corrected chi connectivity index (χ4v) is 3.03. The third-order valence-corrected chi connectivity index (χ3v) is 4.34. The zero-order valence-corrected chi connectivity index (χ0v) is 13.6. The van der Waals surface area contributed by atoms with E-state index in [1.165, 1.54) is 0 Å². The SMILES string of the molecule is O=C(NCc1cc(Cl)c2c(c1)OCCCO2)N1CCC(O)CC1. The van der Waals surface area contributed by atoms with Gasteiger partial charge in [-0.25, -0.2) is 4.79 Å². The minimum absolute atomic E-state index is 0.125. The van der Waals surface area contributed by atoms with Crippen LogP contribution in [0.5, 0.6) is 11.5 Å². The molecule has 0 unspecified atom stereocenters. The number of fused-ring (bicyclic) bond motifs is 1. The van der Waals surface area contributed by atoms with E-state index in [4.69, 9.17) is 21.1 Å². The fourth-order valence-electron chi connectivity index (χ4n) is 2.74. The summed E-state index contributed by atoms with van der Waals surface area (Å²) < 4.78 is 11.2. The summed E-state index contributed by atoms with van der Waals surface area (Å²) in [5.41, 5.74) is 0.865. The van der Waals surface area contributed by atoms with Gasteiger partial charge in [0, 0.05) is 26.1 Å². The van der Waals surface area contributed by atoms with Gasteiger partial charge in [-0.05, 0) is 30.5 Å². The number of halogens is 1. The van der Waals surface area contributed by atoms with E-state index in [1.54, 1.807) is 11.0 Å². The van der Waals surface area contributed by atoms with E-state index in [9.17, 15) is 9.90 Å². The molecule has 2 heterocycles. The Balaban J connectivity index is 1.61.